The lowest BCUT2D eigenvalue weighted by atomic mass is 10.1. The van der Waals surface area contributed by atoms with E-state index < -0.39 is 0 Å². The molecule has 1 aromatic heterocycles. The lowest BCUT2D eigenvalue weighted by Gasteiger charge is -2.37. The number of piperazine rings is 1. The van der Waals surface area contributed by atoms with E-state index in [0.717, 1.165) is 26.1 Å². The first-order valence-electron chi connectivity index (χ1n) is 7.16. The molecular formula is C14H26N4S. The van der Waals surface area contributed by atoms with Crippen LogP contribution in [0.5, 0.6) is 0 Å². The number of thiazole rings is 1. The quantitative estimate of drug-likeness (QED) is 0.889. The fraction of sp³-hybridized carbons (Fsp3) is 0.786. The van der Waals surface area contributed by atoms with Crippen molar-refractivity contribution >= 4 is 11.3 Å². The molecule has 1 N–H and O–H groups in total. The fourth-order valence-corrected chi connectivity index (χ4v) is 3.51. The van der Waals surface area contributed by atoms with E-state index in [1.54, 1.807) is 11.3 Å². The van der Waals surface area contributed by atoms with E-state index in [4.69, 9.17) is 4.98 Å². The van der Waals surface area contributed by atoms with Crippen LogP contribution in [0.1, 0.15) is 30.6 Å². The molecule has 2 atom stereocenters. The topological polar surface area (TPSA) is 31.4 Å². The van der Waals surface area contributed by atoms with Gasteiger partial charge in [0.25, 0.3) is 0 Å². The van der Waals surface area contributed by atoms with Crippen LogP contribution in [0.25, 0.3) is 0 Å². The molecule has 0 spiro atoms. The molecule has 0 radical (unpaired) electrons. The van der Waals surface area contributed by atoms with Gasteiger partial charge in [-0.05, 0) is 27.6 Å². The van der Waals surface area contributed by atoms with Crippen molar-refractivity contribution in [3.63, 3.8) is 0 Å². The lowest BCUT2D eigenvalue weighted by Crippen LogP contribution is -2.50. The Kier molecular flexibility index (Phi) is 5.33. The highest BCUT2D eigenvalue weighted by Gasteiger charge is 2.23. The van der Waals surface area contributed by atoms with Gasteiger partial charge in [0.15, 0.2) is 0 Å². The third-order valence-corrected chi connectivity index (χ3v) is 4.80. The molecule has 108 valence electrons. The number of aromatic nitrogens is 1. The van der Waals surface area contributed by atoms with E-state index >= 15 is 0 Å². The molecule has 0 saturated carbocycles. The van der Waals surface area contributed by atoms with Gasteiger partial charge in [-0.25, -0.2) is 4.98 Å². The van der Waals surface area contributed by atoms with Gasteiger partial charge in [0.1, 0.15) is 0 Å². The van der Waals surface area contributed by atoms with E-state index in [1.165, 1.54) is 17.2 Å². The molecule has 19 heavy (non-hydrogen) atoms. The maximum atomic E-state index is 4.79. The van der Waals surface area contributed by atoms with Crippen LogP contribution in [0, 0.1) is 0 Å². The molecule has 2 heterocycles. The van der Waals surface area contributed by atoms with E-state index in [9.17, 15) is 0 Å². The Morgan fingerprint density at radius 3 is 3.00 bits per heavy atom. The molecule has 0 aromatic carbocycles. The Hall–Kier alpha value is -0.490. The van der Waals surface area contributed by atoms with Gasteiger partial charge in [-0.2, -0.15) is 0 Å². The van der Waals surface area contributed by atoms with Crippen molar-refractivity contribution < 1.29 is 0 Å². The number of rotatable bonds is 5. The zero-order chi connectivity index (χ0) is 13.8. The third-order valence-electron chi connectivity index (χ3n) is 3.91. The maximum absolute atomic E-state index is 4.79. The van der Waals surface area contributed by atoms with Crippen molar-refractivity contribution in [3.8, 4) is 0 Å². The predicted molar refractivity (Wildman–Crippen MR) is 81.8 cm³/mol. The molecule has 0 bridgehead atoms. The molecule has 1 saturated heterocycles. The summed E-state index contributed by atoms with van der Waals surface area (Å²) >= 11 is 1.80. The molecule has 1 fully saturated rings. The second-order valence-electron chi connectivity index (χ2n) is 5.55. The van der Waals surface area contributed by atoms with E-state index in [0.29, 0.717) is 12.1 Å². The van der Waals surface area contributed by atoms with Crippen LogP contribution >= 0.6 is 11.3 Å². The Labute approximate surface area is 120 Å². The summed E-state index contributed by atoms with van der Waals surface area (Å²) in [4.78, 5) is 9.68. The first kappa shape index (κ1) is 14.9. The zero-order valence-corrected chi connectivity index (χ0v) is 13.3. The Morgan fingerprint density at radius 2 is 2.26 bits per heavy atom. The van der Waals surface area contributed by atoms with Crippen LogP contribution in [0.4, 0.5) is 0 Å². The number of hydrogen-bond acceptors (Lipinski definition) is 5. The average Bonchev–Trinajstić information content (AvgIpc) is 2.83. The molecule has 0 amide bonds. The highest BCUT2D eigenvalue weighted by atomic mass is 32.1. The van der Waals surface area contributed by atoms with Gasteiger partial charge in [0.05, 0.1) is 10.7 Å². The Balaban J connectivity index is 1.95. The molecule has 0 aliphatic carbocycles. The van der Waals surface area contributed by atoms with Crippen LogP contribution in [-0.4, -0.2) is 61.1 Å². The molecule has 1 aromatic rings. The Morgan fingerprint density at radius 1 is 1.47 bits per heavy atom. The minimum absolute atomic E-state index is 0.363. The van der Waals surface area contributed by atoms with Gasteiger partial charge in [0.2, 0.25) is 0 Å². The summed E-state index contributed by atoms with van der Waals surface area (Å²) in [6.07, 6.45) is 1.07. The van der Waals surface area contributed by atoms with Crippen LogP contribution in [0.3, 0.4) is 0 Å². The Bertz CT molecular complexity index is 393. The van der Waals surface area contributed by atoms with Crippen LogP contribution in [0.2, 0.25) is 0 Å². The SMILES string of the molecule is CCNC(C)c1csc(CC2CN(C)CCN2C)n1. The fourth-order valence-electron chi connectivity index (χ4n) is 2.55. The largest absolute Gasteiger partial charge is 0.309 e. The van der Waals surface area contributed by atoms with Crippen molar-refractivity contribution in [3.05, 3.63) is 16.1 Å². The number of hydrogen-bond donors (Lipinski definition) is 1. The van der Waals surface area contributed by atoms with Crippen molar-refractivity contribution in [2.75, 3.05) is 40.3 Å². The highest BCUT2D eigenvalue weighted by Crippen LogP contribution is 2.20. The molecule has 1 aliphatic heterocycles. The summed E-state index contributed by atoms with van der Waals surface area (Å²) in [5.74, 6) is 0. The minimum Gasteiger partial charge on any atom is -0.309 e. The second kappa shape index (κ2) is 6.79. The van der Waals surface area contributed by atoms with Crippen molar-refractivity contribution in [1.29, 1.82) is 0 Å². The summed E-state index contributed by atoms with van der Waals surface area (Å²) in [7, 11) is 4.44. The zero-order valence-electron chi connectivity index (χ0n) is 12.5. The first-order chi connectivity index (χ1) is 9.10. The number of likely N-dealkylation sites (N-methyl/N-ethyl adjacent to an activating group) is 2. The van der Waals surface area contributed by atoms with Gasteiger partial charge >= 0.3 is 0 Å². The second-order valence-corrected chi connectivity index (χ2v) is 6.49. The summed E-state index contributed by atoms with van der Waals surface area (Å²) in [5, 5.41) is 6.89. The number of nitrogens with zero attached hydrogens (tertiary/aromatic N) is 3. The van der Waals surface area contributed by atoms with E-state index in [-0.39, 0.29) is 0 Å². The van der Waals surface area contributed by atoms with Gasteiger partial charge < -0.3 is 15.1 Å². The third kappa shape index (κ3) is 3.99. The van der Waals surface area contributed by atoms with Crippen LogP contribution in [0.15, 0.2) is 5.38 Å². The summed E-state index contributed by atoms with van der Waals surface area (Å²) in [5.41, 5.74) is 1.19. The molecular weight excluding hydrogens is 256 g/mol. The van der Waals surface area contributed by atoms with Crippen LogP contribution < -0.4 is 5.32 Å². The molecule has 4 nitrogen and oxygen atoms in total. The van der Waals surface area contributed by atoms with Gasteiger partial charge in [-0.15, -0.1) is 11.3 Å². The molecule has 5 heteroatoms. The average molecular weight is 282 g/mol. The minimum atomic E-state index is 0.363. The molecule has 2 rings (SSSR count). The van der Waals surface area contributed by atoms with Gasteiger partial charge in [0, 0.05) is 43.5 Å². The lowest BCUT2D eigenvalue weighted by molar-refractivity contribution is 0.114. The monoisotopic (exact) mass is 282 g/mol. The van der Waals surface area contributed by atoms with Crippen molar-refractivity contribution in [1.82, 2.24) is 20.1 Å². The first-order valence-corrected chi connectivity index (χ1v) is 8.04. The molecule has 2 unspecified atom stereocenters. The standard InChI is InChI=1S/C14H26N4S/c1-5-15-11(2)13-10-19-14(16-13)8-12-9-17(3)6-7-18(12)4/h10-12,15H,5-9H2,1-4H3. The van der Waals surface area contributed by atoms with E-state index in [1.807, 2.05) is 0 Å². The van der Waals surface area contributed by atoms with Gasteiger partial charge in [-0.1, -0.05) is 6.92 Å². The normalized spacial score (nSPS) is 23.7. The molecule has 1 aliphatic rings. The van der Waals surface area contributed by atoms with E-state index in [2.05, 4.69) is 48.4 Å². The maximum Gasteiger partial charge on any atom is 0.0945 e. The number of nitrogens with one attached hydrogen (secondary N) is 1. The van der Waals surface area contributed by atoms with Gasteiger partial charge in [-0.3, -0.25) is 0 Å². The predicted octanol–water partition coefficient (Wildman–Crippen LogP) is 1.60. The van der Waals surface area contributed by atoms with Crippen molar-refractivity contribution in [2.24, 2.45) is 0 Å². The van der Waals surface area contributed by atoms with Crippen molar-refractivity contribution in [2.45, 2.75) is 32.4 Å². The summed E-state index contributed by atoms with van der Waals surface area (Å²) in [6.45, 7) is 8.79. The highest BCUT2D eigenvalue weighted by molar-refractivity contribution is 7.09. The summed E-state index contributed by atoms with van der Waals surface area (Å²) in [6, 6.07) is 0.967. The summed E-state index contributed by atoms with van der Waals surface area (Å²) < 4.78 is 0. The van der Waals surface area contributed by atoms with Crippen LogP contribution in [-0.2, 0) is 6.42 Å². The smallest absolute Gasteiger partial charge is 0.0945 e.